The molecule has 1 aliphatic heterocycles. The number of fused-ring (bicyclic) bond motifs is 1. The molecule has 5 nitrogen and oxygen atoms in total. The van der Waals surface area contributed by atoms with E-state index in [2.05, 4.69) is 26.6 Å². The molecule has 4 rings (SSSR count). The van der Waals surface area contributed by atoms with Crippen molar-refractivity contribution in [3.63, 3.8) is 0 Å². The molecule has 2 aromatic rings. The van der Waals surface area contributed by atoms with Crippen LogP contribution in [0, 0.1) is 5.92 Å². The molecule has 1 fully saturated rings. The van der Waals surface area contributed by atoms with Gasteiger partial charge in [-0.3, -0.25) is 0 Å². The van der Waals surface area contributed by atoms with E-state index in [4.69, 9.17) is 4.74 Å². The van der Waals surface area contributed by atoms with E-state index >= 15 is 0 Å². The maximum Gasteiger partial charge on any atom is 0.338 e. The van der Waals surface area contributed by atoms with Crippen molar-refractivity contribution in [3.8, 4) is 0 Å². The number of carbonyl (C=O) groups excluding carboxylic acids is 2. The Morgan fingerprint density at radius 1 is 1.13 bits per heavy atom. The third-order valence-corrected chi connectivity index (χ3v) is 6.99. The fourth-order valence-electron chi connectivity index (χ4n) is 4.47. The van der Waals surface area contributed by atoms with Crippen LogP contribution in [0.15, 0.2) is 52.1 Å². The van der Waals surface area contributed by atoms with Crippen LogP contribution in [0.1, 0.15) is 57.1 Å². The normalized spacial score (nSPS) is 20.1. The number of hydrogen-bond donors (Lipinski definition) is 2. The molecule has 158 valence electrons. The monoisotopic (exact) mass is 470 g/mol. The van der Waals surface area contributed by atoms with Crippen LogP contribution in [0.5, 0.6) is 0 Å². The summed E-state index contributed by atoms with van der Waals surface area (Å²) in [5, 5.41) is 7.87. The number of esters is 1. The number of hydrogen-bond acceptors (Lipinski definition) is 3. The first-order valence-corrected chi connectivity index (χ1v) is 11.5. The minimum Gasteiger partial charge on any atom is -0.462 e. The molecule has 1 heterocycles. The highest BCUT2D eigenvalue weighted by atomic mass is 79.9. The Hall–Kier alpha value is -2.34. The zero-order valence-electron chi connectivity index (χ0n) is 17.2. The van der Waals surface area contributed by atoms with Crippen molar-refractivity contribution in [3.05, 3.63) is 57.7 Å². The molecule has 1 aliphatic carbocycles. The second-order valence-corrected chi connectivity index (χ2v) is 8.86. The molecule has 0 aromatic heterocycles. The number of ether oxygens (including phenoxy) is 1. The van der Waals surface area contributed by atoms with Crippen molar-refractivity contribution < 1.29 is 14.3 Å². The summed E-state index contributed by atoms with van der Waals surface area (Å²) < 4.78 is 6.64. The highest BCUT2D eigenvalue weighted by molar-refractivity contribution is 9.10. The first-order valence-electron chi connectivity index (χ1n) is 10.7. The average molecular weight is 471 g/mol. The van der Waals surface area contributed by atoms with E-state index in [1.807, 2.05) is 43.3 Å². The second-order valence-electron chi connectivity index (χ2n) is 8.07. The second kappa shape index (κ2) is 9.21. The molecule has 1 atom stereocenters. The summed E-state index contributed by atoms with van der Waals surface area (Å²) in [4.78, 5) is 25.5. The van der Waals surface area contributed by atoms with E-state index < -0.39 is 6.04 Å². The Labute approximate surface area is 185 Å². The van der Waals surface area contributed by atoms with E-state index in [0.717, 1.165) is 33.7 Å². The maximum atomic E-state index is 13.2. The molecule has 0 saturated heterocycles. The lowest BCUT2D eigenvalue weighted by Crippen LogP contribution is -2.46. The summed E-state index contributed by atoms with van der Waals surface area (Å²) in [6.45, 7) is 2.38. The van der Waals surface area contributed by atoms with Gasteiger partial charge in [-0.25, -0.2) is 9.59 Å². The summed E-state index contributed by atoms with van der Waals surface area (Å²) >= 11 is 3.71. The predicted molar refractivity (Wildman–Crippen MR) is 121 cm³/mol. The van der Waals surface area contributed by atoms with Gasteiger partial charge in [0.2, 0.25) is 0 Å². The van der Waals surface area contributed by atoms with Gasteiger partial charge in [-0.15, -0.1) is 0 Å². The number of halogens is 1. The van der Waals surface area contributed by atoms with Gasteiger partial charge in [0.05, 0.1) is 18.2 Å². The van der Waals surface area contributed by atoms with Gasteiger partial charge in [-0.2, -0.15) is 0 Å². The zero-order chi connectivity index (χ0) is 21.1. The SMILES string of the molecule is CCC1=C(C(=O)OCC2CCCCC2)C(c2ccc3ccccc3c2Br)NC(=O)N1. The van der Waals surface area contributed by atoms with Crippen LogP contribution in [-0.4, -0.2) is 18.6 Å². The van der Waals surface area contributed by atoms with Gasteiger partial charge in [0.15, 0.2) is 0 Å². The number of carbonyl (C=O) groups is 2. The van der Waals surface area contributed by atoms with Crippen molar-refractivity contribution in [2.24, 2.45) is 5.92 Å². The van der Waals surface area contributed by atoms with Crippen LogP contribution in [0.3, 0.4) is 0 Å². The third kappa shape index (κ3) is 4.24. The van der Waals surface area contributed by atoms with Gasteiger partial charge in [0.25, 0.3) is 0 Å². The molecule has 2 amide bonds. The third-order valence-electron chi connectivity index (χ3n) is 6.11. The molecule has 0 spiro atoms. The van der Waals surface area contributed by atoms with Crippen molar-refractivity contribution in [1.29, 1.82) is 0 Å². The first-order chi connectivity index (χ1) is 14.6. The summed E-state index contributed by atoms with van der Waals surface area (Å²) in [5.74, 6) is 0.0837. The summed E-state index contributed by atoms with van der Waals surface area (Å²) in [5.41, 5.74) is 1.96. The quantitative estimate of drug-likeness (QED) is 0.547. The topological polar surface area (TPSA) is 67.4 Å². The van der Waals surface area contributed by atoms with Crippen molar-refractivity contribution in [2.75, 3.05) is 6.61 Å². The number of amides is 2. The number of nitrogens with one attached hydrogen (secondary N) is 2. The average Bonchev–Trinajstić information content (AvgIpc) is 2.78. The summed E-state index contributed by atoms with van der Waals surface area (Å²) in [6, 6.07) is 11.1. The van der Waals surface area contributed by atoms with Crippen LogP contribution in [0.2, 0.25) is 0 Å². The Morgan fingerprint density at radius 3 is 2.67 bits per heavy atom. The number of rotatable bonds is 5. The molecule has 1 unspecified atom stereocenters. The van der Waals surface area contributed by atoms with Crippen LogP contribution in [-0.2, 0) is 9.53 Å². The molecule has 2 aromatic carbocycles. The first kappa shape index (κ1) is 20.9. The number of benzene rings is 2. The molecule has 6 heteroatoms. The highest BCUT2D eigenvalue weighted by Gasteiger charge is 2.34. The van der Waals surface area contributed by atoms with Gasteiger partial charge in [0.1, 0.15) is 0 Å². The van der Waals surface area contributed by atoms with E-state index in [1.54, 1.807) is 0 Å². The molecule has 1 saturated carbocycles. The van der Waals surface area contributed by atoms with Gasteiger partial charge < -0.3 is 15.4 Å². The Kier molecular flexibility index (Phi) is 6.42. The fourth-order valence-corrected chi connectivity index (χ4v) is 5.19. The summed E-state index contributed by atoms with van der Waals surface area (Å²) in [6.07, 6.45) is 6.45. The molecule has 30 heavy (non-hydrogen) atoms. The summed E-state index contributed by atoms with van der Waals surface area (Å²) in [7, 11) is 0. The van der Waals surface area contributed by atoms with Crippen molar-refractivity contribution >= 4 is 38.7 Å². The van der Waals surface area contributed by atoms with E-state index in [9.17, 15) is 9.59 Å². The highest BCUT2D eigenvalue weighted by Crippen LogP contribution is 2.37. The minimum atomic E-state index is -0.563. The fraction of sp³-hybridized carbons (Fsp3) is 0.417. The van der Waals surface area contributed by atoms with Gasteiger partial charge in [0, 0.05) is 10.2 Å². The molecular formula is C24H27BrN2O3. The molecule has 0 bridgehead atoms. The van der Waals surface area contributed by atoms with Crippen LogP contribution >= 0.6 is 15.9 Å². The largest absolute Gasteiger partial charge is 0.462 e. The number of urea groups is 1. The standard InChI is InChI=1S/C24H27BrN2O3/c1-2-19-20(23(28)30-14-15-8-4-3-5-9-15)22(27-24(29)26-19)18-13-12-16-10-6-7-11-17(16)21(18)25/h6-7,10-13,15,22H,2-5,8-9,14H2,1H3,(H2,26,27,29). The smallest absolute Gasteiger partial charge is 0.338 e. The Morgan fingerprint density at radius 2 is 1.90 bits per heavy atom. The predicted octanol–water partition coefficient (Wildman–Crippen LogP) is 5.74. The van der Waals surface area contributed by atoms with Crippen LogP contribution in [0.25, 0.3) is 10.8 Å². The Balaban J connectivity index is 1.67. The number of allylic oxidation sites excluding steroid dienone is 1. The zero-order valence-corrected chi connectivity index (χ0v) is 18.8. The van der Waals surface area contributed by atoms with E-state index in [-0.39, 0.29) is 12.0 Å². The van der Waals surface area contributed by atoms with Crippen molar-refractivity contribution in [1.82, 2.24) is 10.6 Å². The van der Waals surface area contributed by atoms with E-state index in [0.29, 0.717) is 30.2 Å². The van der Waals surface area contributed by atoms with Gasteiger partial charge >= 0.3 is 12.0 Å². The van der Waals surface area contributed by atoms with Gasteiger partial charge in [-0.1, -0.05) is 62.6 Å². The lowest BCUT2D eigenvalue weighted by molar-refractivity contribution is -0.141. The van der Waals surface area contributed by atoms with E-state index in [1.165, 1.54) is 19.3 Å². The molecule has 2 N–H and O–H groups in total. The Bertz CT molecular complexity index is 995. The van der Waals surface area contributed by atoms with Crippen LogP contribution < -0.4 is 10.6 Å². The maximum absolute atomic E-state index is 13.2. The minimum absolute atomic E-state index is 0.305. The molecule has 2 aliphatic rings. The lowest BCUT2D eigenvalue weighted by Gasteiger charge is -2.30. The van der Waals surface area contributed by atoms with Gasteiger partial charge in [-0.05, 0) is 57.4 Å². The molecular weight excluding hydrogens is 444 g/mol. The molecule has 0 radical (unpaired) electrons. The van der Waals surface area contributed by atoms with Crippen molar-refractivity contribution in [2.45, 2.75) is 51.5 Å². The lowest BCUT2D eigenvalue weighted by atomic mass is 9.90. The van der Waals surface area contributed by atoms with Crippen LogP contribution in [0.4, 0.5) is 4.79 Å².